The maximum atomic E-state index is 12.0. The summed E-state index contributed by atoms with van der Waals surface area (Å²) in [5.74, 6) is -0.426. The first-order chi connectivity index (χ1) is 10.1. The van der Waals surface area contributed by atoms with Crippen LogP contribution in [0.4, 0.5) is 11.4 Å². The lowest BCUT2D eigenvalue weighted by molar-refractivity contribution is -0.384. The van der Waals surface area contributed by atoms with E-state index < -0.39 is 4.92 Å². The number of benzene rings is 1. The average Bonchev–Trinajstić information content (AvgIpc) is 2.85. The van der Waals surface area contributed by atoms with Gasteiger partial charge in [0.25, 0.3) is 5.69 Å². The molecule has 1 amide bonds. The van der Waals surface area contributed by atoms with Crippen molar-refractivity contribution in [2.45, 2.75) is 6.42 Å². The number of hydrogen-bond donors (Lipinski definition) is 0. The number of nitrogens with zero attached hydrogens (tertiary/aromatic N) is 6. The van der Waals surface area contributed by atoms with Crippen LogP contribution in [-0.2, 0) is 4.79 Å². The fraction of sp³-hybridized carbons (Fsp3) is 0.333. The van der Waals surface area contributed by atoms with E-state index in [4.69, 9.17) is 10.8 Å². The third-order valence-corrected chi connectivity index (χ3v) is 3.20. The number of rotatable bonds is 4. The SMILES string of the molecule is N#Cc1ccc(N2CC(CN=[N+]=[N-])CC2=O)c([N+](=O)[O-])c1. The molecule has 9 heteroatoms. The van der Waals surface area contributed by atoms with E-state index in [0.29, 0.717) is 0 Å². The molecular weight excluding hydrogens is 276 g/mol. The predicted octanol–water partition coefficient (Wildman–Crippen LogP) is 2.13. The van der Waals surface area contributed by atoms with Crippen LogP contribution in [0.5, 0.6) is 0 Å². The minimum Gasteiger partial charge on any atom is -0.306 e. The molecule has 0 aromatic heterocycles. The molecule has 0 aliphatic carbocycles. The van der Waals surface area contributed by atoms with Gasteiger partial charge in [0.05, 0.1) is 16.6 Å². The van der Waals surface area contributed by atoms with E-state index in [1.165, 1.54) is 17.0 Å². The van der Waals surface area contributed by atoms with Crippen LogP contribution in [0.3, 0.4) is 0 Å². The fourth-order valence-electron chi connectivity index (χ4n) is 2.26. The number of nitro benzene ring substituents is 1. The minimum absolute atomic E-state index is 0.155. The summed E-state index contributed by atoms with van der Waals surface area (Å²) in [6.45, 7) is 0.424. The van der Waals surface area contributed by atoms with Gasteiger partial charge in [-0.25, -0.2) is 0 Å². The summed E-state index contributed by atoms with van der Waals surface area (Å²) in [6.07, 6.45) is 0.177. The monoisotopic (exact) mass is 286 g/mol. The summed E-state index contributed by atoms with van der Waals surface area (Å²) in [5, 5.41) is 23.3. The summed E-state index contributed by atoms with van der Waals surface area (Å²) in [7, 11) is 0. The number of carbonyl (C=O) groups excluding carboxylic acids is 1. The number of hydrogen-bond acceptors (Lipinski definition) is 5. The number of nitriles is 1. The molecule has 0 spiro atoms. The highest BCUT2D eigenvalue weighted by molar-refractivity contribution is 5.98. The zero-order chi connectivity index (χ0) is 15.4. The van der Waals surface area contributed by atoms with Gasteiger partial charge < -0.3 is 4.90 Å². The highest BCUT2D eigenvalue weighted by Gasteiger charge is 2.33. The van der Waals surface area contributed by atoms with Crippen LogP contribution in [-0.4, -0.2) is 23.9 Å². The van der Waals surface area contributed by atoms with Gasteiger partial charge in [-0.05, 0) is 23.6 Å². The summed E-state index contributed by atoms with van der Waals surface area (Å²) in [5.41, 5.74) is 8.32. The molecule has 0 saturated carbocycles. The molecule has 1 aliphatic heterocycles. The van der Waals surface area contributed by atoms with Gasteiger partial charge in [-0.2, -0.15) is 5.26 Å². The molecule has 1 unspecified atom stereocenters. The summed E-state index contributed by atoms with van der Waals surface area (Å²) >= 11 is 0. The molecule has 1 fully saturated rings. The number of amides is 1. The minimum atomic E-state index is -0.621. The van der Waals surface area contributed by atoms with Gasteiger partial charge in [-0.3, -0.25) is 14.9 Å². The first-order valence-corrected chi connectivity index (χ1v) is 6.06. The van der Waals surface area contributed by atoms with Crippen LogP contribution in [0.25, 0.3) is 10.4 Å². The van der Waals surface area contributed by atoms with Gasteiger partial charge in [0.15, 0.2) is 0 Å². The maximum Gasteiger partial charge on any atom is 0.294 e. The van der Waals surface area contributed by atoms with Crippen LogP contribution < -0.4 is 4.90 Å². The van der Waals surface area contributed by atoms with Crippen molar-refractivity contribution in [2.75, 3.05) is 18.0 Å². The standard InChI is InChI=1S/C12H10N6O3/c13-5-8-1-2-10(11(3-8)18(20)21)17-7-9(4-12(17)19)6-15-16-14/h1-3,9H,4,6-7H2. The van der Waals surface area contributed by atoms with Crippen molar-refractivity contribution < 1.29 is 9.72 Å². The highest BCUT2D eigenvalue weighted by atomic mass is 16.6. The van der Waals surface area contributed by atoms with Gasteiger partial charge >= 0.3 is 0 Å². The smallest absolute Gasteiger partial charge is 0.294 e. The predicted molar refractivity (Wildman–Crippen MR) is 72.3 cm³/mol. The van der Waals surface area contributed by atoms with Gasteiger partial charge in [-0.15, -0.1) is 0 Å². The second-order valence-electron chi connectivity index (χ2n) is 4.56. The third-order valence-electron chi connectivity index (χ3n) is 3.20. The van der Waals surface area contributed by atoms with Crippen LogP contribution in [0.1, 0.15) is 12.0 Å². The first-order valence-electron chi connectivity index (χ1n) is 6.06. The Labute approximate surface area is 119 Å². The second kappa shape index (κ2) is 5.90. The zero-order valence-corrected chi connectivity index (χ0v) is 10.8. The van der Waals surface area contributed by atoms with Crippen molar-refractivity contribution in [1.29, 1.82) is 5.26 Å². The van der Waals surface area contributed by atoms with E-state index in [-0.39, 0.29) is 48.3 Å². The van der Waals surface area contributed by atoms with Crippen molar-refractivity contribution in [2.24, 2.45) is 11.0 Å². The molecular formula is C12H10N6O3. The van der Waals surface area contributed by atoms with E-state index in [2.05, 4.69) is 10.0 Å². The van der Waals surface area contributed by atoms with Crippen molar-refractivity contribution in [1.82, 2.24) is 0 Å². The quantitative estimate of drug-likeness (QED) is 0.275. The van der Waals surface area contributed by atoms with Crippen LogP contribution in [0, 0.1) is 27.4 Å². The molecule has 21 heavy (non-hydrogen) atoms. The van der Waals surface area contributed by atoms with E-state index in [0.717, 1.165) is 6.07 Å². The van der Waals surface area contributed by atoms with Gasteiger partial charge in [0.2, 0.25) is 5.91 Å². The Morgan fingerprint density at radius 3 is 3.00 bits per heavy atom. The maximum absolute atomic E-state index is 12.0. The Balaban J connectivity index is 2.34. The number of anilines is 1. The third kappa shape index (κ3) is 2.91. The number of nitro groups is 1. The molecule has 0 N–H and O–H groups in total. The fourth-order valence-corrected chi connectivity index (χ4v) is 2.26. The van der Waals surface area contributed by atoms with Gasteiger partial charge in [0, 0.05) is 30.5 Å². The van der Waals surface area contributed by atoms with Crippen molar-refractivity contribution >= 4 is 17.3 Å². The second-order valence-corrected chi connectivity index (χ2v) is 4.56. The molecule has 1 aliphatic rings. The lowest BCUT2D eigenvalue weighted by atomic mass is 10.1. The normalized spacial score (nSPS) is 17.2. The molecule has 0 bridgehead atoms. The highest BCUT2D eigenvalue weighted by Crippen LogP contribution is 2.33. The number of azide groups is 1. The summed E-state index contributed by atoms with van der Waals surface area (Å²) in [4.78, 5) is 26.4. The summed E-state index contributed by atoms with van der Waals surface area (Å²) in [6, 6.07) is 5.79. The van der Waals surface area contributed by atoms with Crippen LogP contribution >= 0.6 is 0 Å². The van der Waals surface area contributed by atoms with Crippen LogP contribution in [0.2, 0.25) is 0 Å². The molecule has 1 heterocycles. The largest absolute Gasteiger partial charge is 0.306 e. The molecule has 9 nitrogen and oxygen atoms in total. The van der Waals surface area contributed by atoms with E-state index in [1.54, 1.807) is 0 Å². The molecule has 1 atom stereocenters. The van der Waals surface area contributed by atoms with Gasteiger partial charge in [0.1, 0.15) is 5.69 Å². The molecule has 2 rings (SSSR count). The van der Waals surface area contributed by atoms with E-state index in [9.17, 15) is 14.9 Å². The molecule has 0 radical (unpaired) electrons. The lowest BCUT2D eigenvalue weighted by Crippen LogP contribution is -2.25. The van der Waals surface area contributed by atoms with E-state index >= 15 is 0 Å². The molecule has 1 saturated heterocycles. The van der Waals surface area contributed by atoms with E-state index in [1.807, 2.05) is 6.07 Å². The molecule has 106 valence electrons. The Morgan fingerprint density at radius 2 is 2.38 bits per heavy atom. The van der Waals surface area contributed by atoms with Crippen molar-refractivity contribution in [3.8, 4) is 6.07 Å². The van der Waals surface area contributed by atoms with Crippen LogP contribution in [0.15, 0.2) is 23.3 Å². The zero-order valence-electron chi connectivity index (χ0n) is 10.8. The Hall–Kier alpha value is -3.11. The Morgan fingerprint density at radius 1 is 1.62 bits per heavy atom. The molecule has 1 aromatic rings. The van der Waals surface area contributed by atoms with Gasteiger partial charge in [-0.1, -0.05) is 5.11 Å². The van der Waals surface area contributed by atoms with Crippen molar-refractivity contribution in [3.63, 3.8) is 0 Å². The lowest BCUT2D eigenvalue weighted by Gasteiger charge is -2.16. The topological polar surface area (TPSA) is 136 Å². The Bertz CT molecular complexity index is 689. The summed E-state index contributed by atoms with van der Waals surface area (Å²) < 4.78 is 0. The number of carbonyl (C=O) groups is 1. The van der Waals surface area contributed by atoms with Crippen molar-refractivity contribution in [3.05, 3.63) is 44.3 Å². The average molecular weight is 286 g/mol. The first kappa shape index (κ1) is 14.3. The molecule has 1 aromatic carbocycles. The Kier molecular flexibility index (Phi) is 4.02.